The van der Waals surface area contributed by atoms with E-state index < -0.39 is 0 Å². The van der Waals surface area contributed by atoms with Crippen molar-refractivity contribution >= 4 is 28.8 Å². The highest BCUT2D eigenvalue weighted by atomic mass is 32.1. The number of hydrogen-bond acceptors (Lipinski definition) is 6. The van der Waals surface area contributed by atoms with Crippen LogP contribution < -0.4 is 5.73 Å². The first-order valence-electron chi connectivity index (χ1n) is 4.17. The fraction of sp³-hybridized carbons (Fsp3) is 0. The van der Waals surface area contributed by atoms with E-state index in [4.69, 9.17) is 5.73 Å². The molecule has 6 heteroatoms. The minimum Gasteiger partial charge on any atom is -0.507 e. The highest BCUT2D eigenvalue weighted by molar-refractivity contribution is 7.09. The molecule has 0 radical (unpaired) electrons. The average molecular weight is 220 g/mol. The Balaban J connectivity index is 2.22. The summed E-state index contributed by atoms with van der Waals surface area (Å²) in [6.07, 6.45) is 1.50. The summed E-state index contributed by atoms with van der Waals surface area (Å²) in [5.74, 6) is 0.477. The summed E-state index contributed by atoms with van der Waals surface area (Å²) in [6.45, 7) is 0. The maximum atomic E-state index is 9.44. The second-order valence-corrected chi connectivity index (χ2v) is 3.53. The van der Waals surface area contributed by atoms with Gasteiger partial charge in [0.2, 0.25) is 5.13 Å². The zero-order valence-corrected chi connectivity index (χ0v) is 8.48. The average Bonchev–Trinajstić information content (AvgIpc) is 2.63. The molecular weight excluding hydrogens is 212 g/mol. The van der Waals surface area contributed by atoms with Crippen molar-refractivity contribution < 1.29 is 5.11 Å². The predicted octanol–water partition coefficient (Wildman–Crippen LogP) is 1.58. The maximum Gasteiger partial charge on any atom is 0.263 e. The lowest BCUT2D eigenvalue weighted by molar-refractivity contribution is 0.474. The van der Waals surface area contributed by atoms with Gasteiger partial charge < -0.3 is 10.8 Å². The molecule has 0 amide bonds. The molecule has 5 nitrogen and oxygen atoms in total. The van der Waals surface area contributed by atoms with Gasteiger partial charge >= 0.3 is 0 Å². The van der Waals surface area contributed by atoms with Gasteiger partial charge in [0.25, 0.3) is 5.95 Å². The molecule has 15 heavy (non-hydrogen) atoms. The number of rotatable bonds is 2. The van der Waals surface area contributed by atoms with Crippen molar-refractivity contribution in [2.24, 2.45) is 4.99 Å². The normalized spacial score (nSPS) is 10.9. The number of nitrogen functional groups attached to an aromatic ring is 1. The lowest BCUT2D eigenvalue weighted by atomic mass is 10.2. The standard InChI is InChI=1S/C9H8N4OS/c10-8-12-9(13-15-8)11-5-6-3-1-2-4-7(6)14/h1-5,14H,(H2,10,12,13). The Morgan fingerprint density at radius 3 is 2.87 bits per heavy atom. The SMILES string of the molecule is Nc1nc(N=Cc2ccccc2O)ns1. The summed E-state index contributed by atoms with van der Waals surface area (Å²) in [5.41, 5.74) is 6.02. The van der Waals surface area contributed by atoms with Crippen LogP contribution in [0.5, 0.6) is 5.75 Å². The van der Waals surface area contributed by atoms with E-state index >= 15 is 0 Å². The molecule has 3 N–H and O–H groups in total. The molecular formula is C9H8N4OS. The van der Waals surface area contributed by atoms with Crippen molar-refractivity contribution in [3.8, 4) is 5.75 Å². The Hall–Kier alpha value is -1.95. The Morgan fingerprint density at radius 1 is 1.40 bits per heavy atom. The van der Waals surface area contributed by atoms with Gasteiger partial charge in [0.05, 0.1) is 0 Å². The number of aliphatic imine (C=N–C) groups is 1. The van der Waals surface area contributed by atoms with E-state index in [9.17, 15) is 5.11 Å². The molecule has 0 saturated heterocycles. The van der Waals surface area contributed by atoms with Crippen LogP contribution in [-0.2, 0) is 0 Å². The van der Waals surface area contributed by atoms with Gasteiger partial charge in [-0.15, -0.1) is 4.37 Å². The predicted molar refractivity (Wildman–Crippen MR) is 59.7 cm³/mol. The second-order valence-electron chi connectivity index (χ2n) is 2.75. The van der Waals surface area contributed by atoms with E-state index in [-0.39, 0.29) is 5.75 Å². The lowest BCUT2D eigenvalue weighted by Crippen LogP contribution is -1.82. The number of phenolic OH excluding ortho intramolecular Hbond substituents is 1. The Labute approximate surface area is 90.1 Å². The zero-order valence-electron chi connectivity index (χ0n) is 7.66. The Bertz CT molecular complexity index is 494. The van der Waals surface area contributed by atoms with E-state index in [1.807, 2.05) is 6.07 Å². The molecule has 0 atom stereocenters. The molecule has 0 unspecified atom stereocenters. The number of para-hydroxylation sites is 1. The molecule has 0 aliphatic carbocycles. The molecule has 0 aliphatic rings. The molecule has 1 aromatic heterocycles. The quantitative estimate of drug-likeness (QED) is 0.752. The molecule has 2 rings (SSSR count). The number of nitrogens with two attached hydrogens (primary N) is 1. The first-order valence-corrected chi connectivity index (χ1v) is 4.94. The molecule has 2 aromatic rings. The third-order valence-electron chi connectivity index (χ3n) is 1.69. The van der Waals surface area contributed by atoms with Gasteiger partial charge in [-0.25, -0.2) is 4.99 Å². The van der Waals surface area contributed by atoms with E-state index in [1.54, 1.807) is 18.2 Å². The minimum atomic E-state index is 0.171. The number of nitrogens with zero attached hydrogens (tertiary/aromatic N) is 3. The molecule has 0 fully saturated rings. The molecule has 1 heterocycles. The van der Waals surface area contributed by atoms with Gasteiger partial charge in [-0.1, -0.05) is 12.1 Å². The number of phenols is 1. The van der Waals surface area contributed by atoms with Crippen LogP contribution in [-0.4, -0.2) is 20.7 Å². The van der Waals surface area contributed by atoms with Crippen molar-refractivity contribution in [2.75, 3.05) is 5.73 Å². The van der Waals surface area contributed by atoms with E-state index in [2.05, 4.69) is 14.3 Å². The molecule has 0 spiro atoms. The molecule has 76 valence electrons. The van der Waals surface area contributed by atoms with Gasteiger partial charge in [0.15, 0.2) is 0 Å². The smallest absolute Gasteiger partial charge is 0.263 e. The van der Waals surface area contributed by atoms with Crippen molar-refractivity contribution in [3.63, 3.8) is 0 Å². The number of aromatic nitrogens is 2. The van der Waals surface area contributed by atoms with Crippen LogP contribution in [0.25, 0.3) is 0 Å². The van der Waals surface area contributed by atoms with Crippen LogP contribution in [0.4, 0.5) is 11.1 Å². The van der Waals surface area contributed by atoms with Crippen LogP contribution in [0.1, 0.15) is 5.56 Å². The van der Waals surface area contributed by atoms with E-state index in [0.717, 1.165) is 11.5 Å². The summed E-state index contributed by atoms with van der Waals surface area (Å²) in [7, 11) is 0. The molecule has 0 saturated carbocycles. The zero-order chi connectivity index (χ0) is 10.7. The van der Waals surface area contributed by atoms with Gasteiger partial charge in [-0.05, 0) is 12.1 Å². The largest absolute Gasteiger partial charge is 0.507 e. The molecule has 0 bridgehead atoms. The van der Waals surface area contributed by atoms with Crippen LogP contribution >= 0.6 is 11.5 Å². The Kier molecular flexibility index (Phi) is 2.59. The summed E-state index contributed by atoms with van der Waals surface area (Å²) in [6, 6.07) is 6.88. The number of hydrogen-bond donors (Lipinski definition) is 2. The Morgan fingerprint density at radius 2 is 2.20 bits per heavy atom. The molecule has 0 aliphatic heterocycles. The van der Waals surface area contributed by atoms with Gasteiger partial charge in [0.1, 0.15) is 5.75 Å². The van der Waals surface area contributed by atoms with Gasteiger partial charge in [-0.3, -0.25) is 0 Å². The van der Waals surface area contributed by atoms with Crippen molar-refractivity contribution in [1.29, 1.82) is 0 Å². The van der Waals surface area contributed by atoms with E-state index in [0.29, 0.717) is 16.6 Å². The highest BCUT2D eigenvalue weighted by Gasteiger charge is 1.98. The minimum absolute atomic E-state index is 0.171. The number of aromatic hydroxyl groups is 1. The fourth-order valence-corrected chi connectivity index (χ4v) is 1.39. The van der Waals surface area contributed by atoms with Gasteiger partial charge in [-0.2, -0.15) is 4.98 Å². The van der Waals surface area contributed by atoms with Crippen molar-refractivity contribution in [2.45, 2.75) is 0 Å². The number of anilines is 1. The second kappa shape index (κ2) is 4.05. The van der Waals surface area contributed by atoms with Crippen molar-refractivity contribution in [1.82, 2.24) is 9.36 Å². The lowest BCUT2D eigenvalue weighted by Gasteiger charge is -1.94. The van der Waals surface area contributed by atoms with Gasteiger partial charge in [0, 0.05) is 23.3 Å². The molecule has 1 aromatic carbocycles. The third-order valence-corrected chi connectivity index (χ3v) is 2.22. The monoisotopic (exact) mass is 220 g/mol. The first kappa shape index (κ1) is 9.60. The van der Waals surface area contributed by atoms with E-state index in [1.165, 1.54) is 6.21 Å². The number of benzene rings is 1. The van der Waals surface area contributed by atoms with Crippen LogP contribution in [0.2, 0.25) is 0 Å². The van der Waals surface area contributed by atoms with Crippen LogP contribution in [0.3, 0.4) is 0 Å². The highest BCUT2D eigenvalue weighted by Crippen LogP contribution is 2.16. The summed E-state index contributed by atoms with van der Waals surface area (Å²) in [4.78, 5) is 7.84. The third kappa shape index (κ3) is 2.29. The van der Waals surface area contributed by atoms with Crippen molar-refractivity contribution in [3.05, 3.63) is 29.8 Å². The fourth-order valence-electron chi connectivity index (χ4n) is 1.00. The summed E-state index contributed by atoms with van der Waals surface area (Å²) in [5, 5.41) is 9.81. The topological polar surface area (TPSA) is 84.4 Å². The summed E-state index contributed by atoms with van der Waals surface area (Å²) < 4.78 is 3.89. The van der Waals surface area contributed by atoms with Crippen LogP contribution in [0, 0.1) is 0 Å². The maximum absolute atomic E-state index is 9.44. The first-order chi connectivity index (χ1) is 7.25. The summed E-state index contributed by atoms with van der Waals surface area (Å²) >= 11 is 1.08. The van der Waals surface area contributed by atoms with Crippen LogP contribution in [0.15, 0.2) is 29.3 Å².